The van der Waals surface area contributed by atoms with Crippen molar-refractivity contribution in [2.24, 2.45) is 0 Å². The molecule has 20 heavy (non-hydrogen) atoms. The number of aliphatic carboxylic acids is 1. The summed E-state index contributed by atoms with van der Waals surface area (Å²) in [6.45, 7) is 2.53. The lowest BCUT2D eigenvalue weighted by Crippen LogP contribution is -2.59. The zero-order valence-corrected chi connectivity index (χ0v) is 13.0. The van der Waals surface area contributed by atoms with Gasteiger partial charge in [-0.1, -0.05) is 13.3 Å². The monoisotopic (exact) mass is 285 g/mol. The Morgan fingerprint density at radius 1 is 1.30 bits per heavy atom. The van der Waals surface area contributed by atoms with Crippen LogP contribution in [-0.4, -0.2) is 66.2 Å². The molecule has 6 heteroatoms. The molecule has 0 aromatic carbocycles. The van der Waals surface area contributed by atoms with E-state index in [1.165, 1.54) is 6.42 Å². The molecule has 0 aliphatic heterocycles. The number of rotatable bonds is 7. The summed E-state index contributed by atoms with van der Waals surface area (Å²) in [7, 11) is 5.79. The Bertz CT molecular complexity index is 354. The molecule has 1 atom stereocenters. The highest BCUT2D eigenvalue weighted by Gasteiger charge is 2.40. The van der Waals surface area contributed by atoms with Crippen molar-refractivity contribution >= 4 is 12.0 Å². The highest BCUT2D eigenvalue weighted by Crippen LogP contribution is 2.36. The summed E-state index contributed by atoms with van der Waals surface area (Å²) in [5, 5.41) is 11.7. The maximum Gasteiger partial charge on any atom is 0.326 e. The number of nitrogens with zero attached hydrogens (tertiary/aromatic N) is 2. The Labute approximate surface area is 121 Å². The Hall–Kier alpha value is -1.30. The van der Waals surface area contributed by atoms with Crippen LogP contribution >= 0.6 is 0 Å². The van der Waals surface area contributed by atoms with Gasteiger partial charge >= 0.3 is 12.0 Å². The van der Waals surface area contributed by atoms with Crippen molar-refractivity contribution in [1.29, 1.82) is 0 Å². The summed E-state index contributed by atoms with van der Waals surface area (Å²) in [5.74, 6) is -0.973. The predicted molar refractivity (Wildman–Crippen MR) is 77.8 cm³/mol. The SMILES string of the molecule is CCC[C@H](NC(=O)N(C)CC1(N(C)C)CCC1)C(=O)O. The topological polar surface area (TPSA) is 72.9 Å². The molecular formula is C14H27N3O3. The summed E-state index contributed by atoms with van der Waals surface area (Å²) in [4.78, 5) is 26.9. The molecule has 1 saturated carbocycles. The van der Waals surface area contributed by atoms with Crippen molar-refractivity contribution in [3.63, 3.8) is 0 Å². The lowest BCUT2D eigenvalue weighted by Gasteiger charge is -2.49. The predicted octanol–water partition coefficient (Wildman–Crippen LogP) is 1.37. The average Bonchev–Trinajstić information content (AvgIpc) is 2.31. The highest BCUT2D eigenvalue weighted by molar-refractivity contribution is 5.82. The first-order chi connectivity index (χ1) is 9.32. The maximum atomic E-state index is 12.1. The van der Waals surface area contributed by atoms with Gasteiger partial charge in [0.05, 0.1) is 0 Å². The number of hydrogen-bond acceptors (Lipinski definition) is 3. The molecule has 6 nitrogen and oxygen atoms in total. The van der Waals surface area contributed by atoms with E-state index in [0.29, 0.717) is 13.0 Å². The molecule has 0 unspecified atom stereocenters. The molecule has 1 aliphatic rings. The zero-order chi connectivity index (χ0) is 15.3. The van der Waals surface area contributed by atoms with Crippen LogP contribution in [0.15, 0.2) is 0 Å². The summed E-state index contributed by atoms with van der Waals surface area (Å²) >= 11 is 0. The van der Waals surface area contributed by atoms with Crippen LogP contribution in [-0.2, 0) is 4.79 Å². The molecule has 0 saturated heterocycles. The lowest BCUT2D eigenvalue weighted by atomic mass is 9.75. The number of likely N-dealkylation sites (N-methyl/N-ethyl adjacent to an activating group) is 2. The van der Waals surface area contributed by atoms with E-state index in [-0.39, 0.29) is 11.6 Å². The second-order valence-corrected chi connectivity index (χ2v) is 5.96. The third-order valence-electron chi connectivity index (χ3n) is 4.28. The molecule has 0 aromatic heterocycles. The number of carbonyl (C=O) groups is 2. The first-order valence-electron chi connectivity index (χ1n) is 7.24. The third kappa shape index (κ3) is 3.85. The van der Waals surface area contributed by atoms with E-state index in [1.54, 1.807) is 11.9 Å². The van der Waals surface area contributed by atoms with Crippen LogP contribution in [0.2, 0.25) is 0 Å². The van der Waals surface area contributed by atoms with Crippen LogP contribution in [0.5, 0.6) is 0 Å². The van der Waals surface area contributed by atoms with Gasteiger partial charge in [-0.15, -0.1) is 0 Å². The van der Waals surface area contributed by atoms with Crippen molar-refractivity contribution in [2.45, 2.75) is 50.6 Å². The Balaban J connectivity index is 2.56. The lowest BCUT2D eigenvalue weighted by molar-refractivity contribution is -0.139. The molecule has 0 radical (unpaired) electrons. The van der Waals surface area contributed by atoms with Crippen LogP contribution in [0.1, 0.15) is 39.0 Å². The highest BCUT2D eigenvalue weighted by atomic mass is 16.4. The summed E-state index contributed by atoms with van der Waals surface area (Å²) in [5.41, 5.74) is 0.0512. The molecular weight excluding hydrogens is 258 g/mol. The van der Waals surface area contributed by atoms with E-state index in [1.807, 2.05) is 21.0 Å². The average molecular weight is 285 g/mol. The first kappa shape index (κ1) is 16.8. The van der Waals surface area contributed by atoms with E-state index >= 15 is 0 Å². The van der Waals surface area contributed by atoms with Gasteiger partial charge in [-0.2, -0.15) is 0 Å². The van der Waals surface area contributed by atoms with Crippen molar-refractivity contribution in [1.82, 2.24) is 15.1 Å². The van der Waals surface area contributed by atoms with Gasteiger partial charge in [-0.25, -0.2) is 9.59 Å². The summed E-state index contributed by atoms with van der Waals surface area (Å²) in [6.07, 6.45) is 4.52. The van der Waals surface area contributed by atoms with Crippen LogP contribution in [0.25, 0.3) is 0 Å². The van der Waals surface area contributed by atoms with Gasteiger partial charge in [-0.3, -0.25) is 0 Å². The third-order valence-corrected chi connectivity index (χ3v) is 4.28. The van der Waals surface area contributed by atoms with Crippen LogP contribution in [0.4, 0.5) is 4.79 Å². The second-order valence-electron chi connectivity index (χ2n) is 5.96. The molecule has 0 heterocycles. The first-order valence-corrected chi connectivity index (χ1v) is 7.24. The molecule has 2 N–H and O–H groups in total. The second kappa shape index (κ2) is 6.92. The minimum atomic E-state index is -0.973. The zero-order valence-electron chi connectivity index (χ0n) is 13.0. The van der Waals surface area contributed by atoms with Gasteiger partial charge < -0.3 is 20.2 Å². The number of hydrogen-bond donors (Lipinski definition) is 2. The minimum absolute atomic E-state index is 0.0512. The quantitative estimate of drug-likeness (QED) is 0.741. The van der Waals surface area contributed by atoms with E-state index in [2.05, 4.69) is 10.2 Å². The number of nitrogens with one attached hydrogen (secondary N) is 1. The van der Waals surface area contributed by atoms with Gasteiger partial charge in [0.25, 0.3) is 0 Å². The van der Waals surface area contributed by atoms with Crippen LogP contribution < -0.4 is 5.32 Å². The molecule has 2 amide bonds. The minimum Gasteiger partial charge on any atom is -0.480 e. The molecule has 116 valence electrons. The fourth-order valence-corrected chi connectivity index (χ4v) is 2.65. The molecule has 0 aromatic rings. The molecule has 0 bridgehead atoms. The van der Waals surface area contributed by atoms with E-state index in [0.717, 1.165) is 19.3 Å². The fraction of sp³-hybridized carbons (Fsp3) is 0.857. The normalized spacial score (nSPS) is 18.2. The fourth-order valence-electron chi connectivity index (χ4n) is 2.65. The van der Waals surface area contributed by atoms with Gasteiger partial charge in [0.2, 0.25) is 0 Å². The number of amides is 2. The Morgan fingerprint density at radius 2 is 1.90 bits per heavy atom. The summed E-state index contributed by atoms with van der Waals surface area (Å²) < 4.78 is 0. The number of carbonyl (C=O) groups excluding carboxylic acids is 1. The van der Waals surface area contributed by atoms with Crippen molar-refractivity contribution in [3.8, 4) is 0 Å². The van der Waals surface area contributed by atoms with Crippen molar-refractivity contribution < 1.29 is 14.7 Å². The summed E-state index contributed by atoms with van der Waals surface area (Å²) in [6, 6.07) is -1.11. The molecule has 0 spiro atoms. The Kier molecular flexibility index (Phi) is 5.80. The molecule has 1 fully saturated rings. The standard InChI is InChI=1S/C14H27N3O3/c1-5-7-11(12(18)19)15-13(20)17(4)10-14(16(2)3)8-6-9-14/h11H,5-10H2,1-4H3,(H,15,20)(H,18,19)/t11-/m0/s1. The van der Waals surface area contributed by atoms with E-state index < -0.39 is 12.0 Å². The maximum absolute atomic E-state index is 12.1. The smallest absolute Gasteiger partial charge is 0.326 e. The van der Waals surface area contributed by atoms with Crippen molar-refractivity contribution in [3.05, 3.63) is 0 Å². The van der Waals surface area contributed by atoms with Crippen LogP contribution in [0.3, 0.4) is 0 Å². The number of carboxylic acid groups (broad SMARTS) is 1. The Morgan fingerprint density at radius 3 is 2.25 bits per heavy atom. The van der Waals surface area contributed by atoms with Crippen LogP contribution in [0, 0.1) is 0 Å². The van der Waals surface area contributed by atoms with Gasteiger partial charge in [0.1, 0.15) is 6.04 Å². The van der Waals surface area contributed by atoms with E-state index in [9.17, 15) is 9.59 Å². The number of urea groups is 1. The number of carboxylic acids is 1. The van der Waals surface area contributed by atoms with Gasteiger partial charge in [-0.05, 0) is 39.8 Å². The largest absolute Gasteiger partial charge is 0.480 e. The van der Waals surface area contributed by atoms with E-state index in [4.69, 9.17) is 5.11 Å². The van der Waals surface area contributed by atoms with Gasteiger partial charge in [0, 0.05) is 19.1 Å². The molecule has 1 rings (SSSR count). The van der Waals surface area contributed by atoms with Gasteiger partial charge in [0.15, 0.2) is 0 Å². The molecule has 1 aliphatic carbocycles. The van der Waals surface area contributed by atoms with Crippen molar-refractivity contribution in [2.75, 3.05) is 27.7 Å².